The van der Waals surface area contributed by atoms with Gasteiger partial charge in [-0.15, -0.1) is 0 Å². The monoisotopic (exact) mass is 149 g/mol. The molecule has 0 heterocycles. The highest BCUT2D eigenvalue weighted by Crippen LogP contribution is 2.10. The van der Waals surface area contributed by atoms with E-state index in [1.807, 2.05) is 43.3 Å². The molecule has 0 N–H and O–H groups in total. The largest absolute Gasteiger partial charge is 0.464 e. The van der Waals surface area contributed by atoms with E-state index in [2.05, 4.69) is 0 Å². The lowest BCUT2D eigenvalue weighted by molar-refractivity contribution is 0.112. The Morgan fingerprint density at radius 2 is 1.73 bits per heavy atom. The van der Waals surface area contributed by atoms with Gasteiger partial charge in [0.1, 0.15) is 0 Å². The van der Waals surface area contributed by atoms with Crippen LogP contribution in [-0.2, 0) is 0 Å². The van der Waals surface area contributed by atoms with E-state index in [-0.39, 0.29) is 0 Å². The Bertz CT molecular complexity index is 238. The topological polar surface area (TPSA) is 23.1 Å². The van der Waals surface area contributed by atoms with Crippen LogP contribution < -0.4 is 4.90 Å². The summed E-state index contributed by atoms with van der Waals surface area (Å²) < 4.78 is 0. The molecular formula is C9H11NO+. The third-order valence-corrected chi connectivity index (χ3v) is 1.55. The van der Waals surface area contributed by atoms with Crippen molar-refractivity contribution in [2.45, 2.75) is 0 Å². The molecule has 57 valence electrons. The Hall–Kier alpha value is -1.31. The highest BCUT2D eigenvalue weighted by atomic mass is 16.1. The summed E-state index contributed by atoms with van der Waals surface area (Å²) >= 11 is 0. The van der Waals surface area contributed by atoms with E-state index >= 15 is 0 Å². The normalized spacial score (nSPS) is 9.27. The van der Waals surface area contributed by atoms with Crippen molar-refractivity contribution in [1.29, 1.82) is 0 Å². The van der Waals surface area contributed by atoms with Crippen molar-refractivity contribution in [3.63, 3.8) is 0 Å². The Morgan fingerprint density at radius 1 is 1.18 bits per heavy atom. The van der Waals surface area contributed by atoms with Gasteiger partial charge in [-0.2, -0.15) is 0 Å². The van der Waals surface area contributed by atoms with Gasteiger partial charge in [-0.3, -0.25) is 0 Å². The Labute approximate surface area is 66.4 Å². The minimum Gasteiger partial charge on any atom is -0.378 e. The fourth-order valence-corrected chi connectivity index (χ4v) is 0.851. The summed E-state index contributed by atoms with van der Waals surface area (Å²) in [5, 5.41) is 0. The van der Waals surface area contributed by atoms with Crippen LogP contribution in [0.25, 0.3) is 0 Å². The summed E-state index contributed by atoms with van der Waals surface area (Å²) in [6, 6.07) is 7.46. The minimum absolute atomic E-state index is 0.718. The number of carbonyl (C=O) groups is 1. The Kier molecular flexibility index (Phi) is 2.26. The van der Waals surface area contributed by atoms with Crippen LogP contribution in [-0.4, -0.2) is 20.4 Å². The molecule has 0 spiro atoms. The van der Waals surface area contributed by atoms with Crippen LogP contribution in [0.1, 0.15) is 10.4 Å². The van der Waals surface area contributed by atoms with Gasteiger partial charge in [-0.1, -0.05) is 0 Å². The first-order valence-electron chi connectivity index (χ1n) is 3.46. The number of anilines is 1. The maximum Gasteiger partial charge on any atom is 0.464 e. The van der Waals surface area contributed by atoms with Crippen molar-refractivity contribution < 1.29 is 4.79 Å². The highest BCUT2D eigenvalue weighted by molar-refractivity contribution is 5.75. The molecule has 0 aliphatic rings. The second kappa shape index (κ2) is 3.19. The maximum atomic E-state index is 10.3. The van der Waals surface area contributed by atoms with E-state index in [9.17, 15) is 4.79 Å². The summed E-state index contributed by atoms with van der Waals surface area (Å²) in [6.45, 7) is 0. The van der Waals surface area contributed by atoms with Crippen molar-refractivity contribution >= 4 is 12.0 Å². The molecule has 0 saturated carbocycles. The molecule has 1 aromatic carbocycles. The van der Waals surface area contributed by atoms with Crippen LogP contribution in [0, 0.1) is 0 Å². The van der Waals surface area contributed by atoms with Gasteiger partial charge in [0.15, 0.2) is 0 Å². The van der Waals surface area contributed by atoms with E-state index in [0.29, 0.717) is 0 Å². The molecule has 1 radical (unpaired) electrons. The van der Waals surface area contributed by atoms with Gasteiger partial charge >= 0.3 is 6.29 Å². The number of benzene rings is 1. The predicted molar refractivity (Wildman–Crippen MR) is 46.2 cm³/mol. The molecule has 1 rings (SSSR count). The second-order valence-electron chi connectivity index (χ2n) is 2.60. The Morgan fingerprint density at radius 3 is 2.09 bits per heavy atom. The zero-order valence-electron chi connectivity index (χ0n) is 6.74. The number of aldehydes is 1. The van der Waals surface area contributed by atoms with Crippen LogP contribution in [0.15, 0.2) is 24.3 Å². The standard InChI is InChI=1S/C9H11NO/c1-10(2)9-5-3-8(7-11)4-6-9/h3-7H,1-2H3/q+1. The first-order chi connectivity index (χ1) is 5.24. The number of rotatable bonds is 2. The predicted octanol–water partition coefficient (Wildman–Crippen LogP) is 1.57. The van der Waals surface area contributed by atoms with Gasteiger partial charge in [0.05, 0.1) is 5.56 Å². The smallest absolute Gasteiger partial charge is 0.378 e. The van der Waals surface area contributed by atoms with Gasteiger partial charge in [-0.25, -0.2) is 0 Å². The molecule has 0 bridgehead atoms. The van der Waals surface area contributed by atoms with E-state index in [4.69, 9.17) is 0 Å². The summed E-state index contributed by atoms with van der Waals surface area (Å²) in [4.78, 5) is 12.3. The third-order valence-electron chi connectivity index (χ3n) is 1.55. The maximum absolute atomic E-state index is 10.3. The fourth-order valence-electron chi connectivity index (χ4n) is 0.851. The molecule has 0 aromatic heterocycles. The van der Waals surface area contributed by atoms with Gasteiger partial charge in [0, 0.05) is 19.8 Å². The number of carbonyl (C=O) groups excluding carboxylic acids is 1. The highest BCUT2D eigenvalue weighted by Gasteiger charge is 1.98. The molecule has 0 aliphatic heterocycles. The van der Waals surface area contributed by atoms with Crippen LogP contribution >= 0.6 is 0 Å². The lowest BCUT2D eigenvalue weighted by Crippen LogP contribution is -2.08. The summed E-state index contributed by atoms with van der Waals surface area (Å²) in [6.07, 6.45) is 0.847. The minimum atomic E-state index is 0.718. The number of hydrogen-bond donors (Lipinski definition) is 0. The van der Waals surface area contributed by atoms with E-state index in [1.54, 1.807) is 0 Å². The molecule has 0 amide bonds. The molecule has 0 aliphatic carbocycles. The van der Waals surface area contributed by atoms with Gasteiger partial charge < -0.3 is 4.90 Å². The summed E-state index contributed by atoms with van der Waals surface area (Å²) in [5.74, 6) is 0. The van der Waals surface area contributed by atoms with Crippen LogP contribution in [0.2, 0.25) is 0 Å². The van der Waals surface area contributed by atoms with E-state index in [1.165, 1.54) is 0 Å². The van der Waals surface area contributed by atoms with Crippen LogP contribution in [0.4, 0.5) is 5.69 Å². The molecule has 2 nitrogen and oxygen atoms in total. The lowest BCUT2D eigenvalue weighted by Gasteiger charge is -2.10. The third kappa shape index (κ3) is 1.80. The lowest BCUT2D eigenvalue weighted by atomic mass is 10.2. The van der Waals surface area contributed by atoms with E-state index in [0.717, 1.165) is 17.5 Å². The molecule has 0 atom stereocenters. The molecule has 1 aromatic rings. The molecule has 0 fully saturated rings. The van der Waals surface area contributed by atoms with Crippen molar-refractivity contribution in [2.75, 3.05) is 19.0 Å². The van der Waals surface area contributed by atoms with Crippen molar-refractivity contribution in [2.24, 2.45) is 0 Å². The Balaban J connectivity index is 2.91. The van der Waals surface area contributed by atoms with Gasteiger partial charge in [-0.05, 0) is 24.3 Å². The molecular weight excluding hydrogens is 138 g/mol. The number of hydrogen-bond acceptors (Lipinski definition) is 2. The van der Waals surface area contributed by atoms with Gasteiger partial charge in [0.25, 0.3) is 0 Å². The average molecular weight is 149 g/mol. The summed E-state index contributed by atoms with van der Waals surface area (Å²) in [5.41, 5.74) is 1.83. The van der Waals surface area contributed by atoms with Crippen molar-refractivity contribution in [1.82, 2.24) is 0 Å². The molecule has 0 unspecified atom stereocenters. The number of nitrogens with zero attached hydrogens (tertiary/aromatic N) is 1. The quantitative estimate of drug-likeness (QED) is 0.470. The molecule has 11 heavy (non-hydrogen) atoms. The van der Waals surface area contributed by atoms with Crippen LogP contribution in [0.3, 0.4) is 0 Å². The van der Waals surface area contributed by atoms with Crippen LogP contribution in [0.5, 0.6) is 0 Å². The zero-order chi connectivity index (χ0) is 8.27. The first kappa shape index (κ1) is 7.79. The SMILES string of the molecule is CN(C)c1ccc(C=[O+])cc1. The van der Waals surface area contributed by atoms with Crippen molar-refractivity contribution in [3.05, 3.63) is 29.8 Å². The first-order valence-corrected chi connectivity index (χ1v) is 3.46. The fraction of sp³-hybridized carbons (Fsp3) is 0.222. The van der Waals surface area contributed by atoms with Crippen molar-refractivity contribution in [3.8, 4) is 0 Å². The average Bonchev–Trinajstić information content (AvgIpc) is 2.05. The zero-order valence-corrected chi connectivity index (χ0v) is 6.74. The summed E-state index contributed by atoms with van der Waals surface area (Å²) in [7, 11) is 3.94. The second-order valence-corrected chi connectivity index (χ2v) is 2.60. The van der Waals surface area contributed by atoms with Gasteiger partial charge in [0.2, 0.25) is 4.79 Å². The molecule has 2 heteroatoms. The van der Waals surface area contributed by atoms with E-state index < -0.39 is 0 Å². The molecule has 0 saturated heterocycles.